The Morgan fingerprint density at radius 2 is 1.75 bits per heavy atom. The minimum absolute atomic E-state index is 0.268. The number of methoxy groups -OCH3 is 1. The van der Waals surface area contributed by atoms with E-state index in [0.717, 1.165) is 33.7 Å². The second-order valence-corrected chi connectivity index (χ2v) is 9.45. The van der Waals surface area contributed by atoms with Crippen molar-refractivity contribution < 1.29 is 14.3 Å². The monoisotopic (exact) mass is 523 g/mol. The van der Waals surface area contributed by atoms with E-state index in [1.807, 2.05) is 51.1 Å². The zero-order valence-electron chi connectivity index (χ0n) is 20.6. The van der Waals surface area contributed by atoms with Gasteiger partial charge in [0.05, 0.1) is 13.7 Å². The number of rotatable bonds is 8. The van der Waals surface area contributed by atoms with Crippen LogP contribution in [0.4, 0.5) is 5.82 Å². The number of anilines is 1. The van der Waals surface area contributed by atoms with E-state index in [4.69, 9.17) is 32.7 Å². The first-order valence-corrected chi connectivity index (χ1v) is 12.2. The van der Waals surface area contributed by atoms with Gasteiger partial charge in [0.15, 0.2) is 5.82 Å². The molecule has 0 fully saturated rings. The summed E-state index contributed by atoms with van der Waals surface area (Å²) in [6.45, 7) is 6.66. The van der Waals surface area contributed by atoms with Crippen molar-refractivity contribution in [1.82, 2.24) is 9.78 Å². The minimum Gasteiger partial charge on any atom is -0.496 e. The van der Waals surface area contributed by atoms with Crippen LogP contribution in [0.1, 0.15) is 38.3 Å². The topological polar surface area (TPSA) is 65.4 Å². The van der Waals surface area contributed by atoms with Gasteiger partial charge >= 0.3 is 0 Å². The Hall–Kier alpha value is -3.48. The van der Waals surface area contributed by atoms with Crippen molar-refractivity contribution in [3.63, 3.8) is 0 Å². The van der Waals surface area contributed by atoms with Gasteiger partial charge in [0, 0.05) is 32.9 Å². The second-order valence-electron chi connectivity index (χ2n) is 8.60. The molecule has 0 radical (unpaired) electrons. The molecule has 36 heavy (non-hydrogen) atoms. The van der Waals surface area contributed by atoms with Gasteiger partial charge in [-0.25, -0.2) is 0 Å². The van der Waals surface area contributed by atoms with E-state index in [2.05, 4.69) is 10.4 Å². The number of aryl methyl sites for hydroxylation is 3. The third-order valence-electron chi connectivity index (χ3n) is 5.83. The van der Waals surface area contributed by atoms with E-state index in [-0.39, 0.29) is 12.5 Å². The summed E-state index contributed by atoms with van der Waals surface area (Å²) < 4.78 is 13.3. The van der Waals surface area contributed by atoms with Gasteiger partial charge in [0.1, 0.15) is 18.1 Å². The summed E-state index contributed by atoms with van der Waals surface area (Å²) in [5.74, 6) is 1.62. The molecule has 0 aliphatic heterocycles. The number of benzene rings is 3. The second kappa shape index (κ2) is 11.1. The van der Waals surface area contributed by atoms with Gasteiger partial charge in [-0.15, -0.1) is 0 Å². The van der Waals surface area contributed by atoms with Crippen molar-refractivity contribution in [2.75, 3.05) is 12.4 Å². The Morgan fingerprint density at radius 3 is 2.50 bits per heavy atom. The summed E-state index contributed by atoms with van der Waals surface area (Å²) >= 11 is 12.3. The zero-order chi connectivity index (χ0) is 25.8. The summed E-state index contributed by atoms with van der Waals surface area (Å²) in [5, 5.41) is 8.55. The Bertz CT molecular complexity index is 1420. The third kappa shape index (κ3) is 6.01. The average Bonchev–Trinajstić information content (AvgIpc) is 3.19. The summed E-state index contributed by atoms with van der Waals surface area (Å²) in [5.41, 5.74) is 5.17. The summed E-state index contributed by atoms with van der Waals surface area (Å²) in [4.78, 5) is 13.0. The maximum absolute atomic E-state index is 13.0. The lowest BCUT2D eigenvalue weighted by atomic mass is 10.1. The number of halogens is 2. The first kappa shape index (κ1) is 25.6. The molecule has 4 aromatic rings. The maximum Gasteiger partial charge on any atom is 0.256 e. The van der Waals surface area contributed by atoms with E-state index in [9.17, 15) is 4.79 Å². The highest BCUT2D eigenvalue weighted by Crippen LogP contribution is 2.26. The fourth-order valence-electron chi connectivity index (χ4n) is 3.78. The number of nitrogens with zero attached hydrogens (tertiary/aromatic N) is 2. The number of nitrogens with one attached hydrogen (secondary N) is 1. The number of amides is 1. The predicted molar refractivity (Wildman–Crippen MR) is 144 cm³/mol. The van der Waals surface area contributed by atoms with Crippen molar-refractivity contribution in [1.29, 1.82) is 0 Å². The molecule has 6 nitrogen and oxygen atoms in total. The van der Waals surface area contributed by atoms with Crippen molar-refractivity contribution in [3.8, 4) is 11.5 Å². The largest absolute Gasteiger partial charge is 0.496 e. The lowest BCUT2D eigenvalue weighted by Crippen LogP contribution is -2.14. The number of carbonyl (C=O) groups is 1. The van der Waals surface area contributed by atoms with Crippen LogP contribution >= 0.6 is 23.2 Å². The highest BCUT2D eigenvalue weighted by atomic mass is 35.5. The molecule has 0 spiro atoms. The molecule has 0 unspecified atom stereocenters. The van der Waals surface area contributed by atoms with E-state index in [1.54, 1.807) is 42.1 Å². The first-order valence-electron chi connectivity index (χ1n) is 11.4. The van der Waals surface area contributed by atoms with E-state index in [1.165, 1.54) is 0 Å². The van der Waals surface area contributed by atoms with Crippen LogP contribution in [0, 0.1) is 20.8 Å². The van der Waals surface area contributed by atoms with Gasteiger partial charge < -0.3 is 14.8 Å². The van der Waals surface area contributed by atoms with Crippen LogP contribution in [0.15, 0.2) is 60.7 Å². The molecule has 0 atom stereocenters. The van der Waals surface area contributed by atoms with Gasteiger partial charge in [-0.2, -0.15) is 5.10 Å². The van der Waals surface area contributed by atoms with Crippen molar-refractivity contribution in [2.45, 2.75) is 33.9 Å². The molecule has 8 heteroatoms. The van der Waals surface area contributed by atoms with Gasteiger partial charge in [-0.3, -0.25) is 9.48 Å². The fraction of sp³-hybridized carbons (Fsp3) is 0.214. The number of carbonyl (C=O) groups excluding carboxylic acids is 1. The molecule has 0 saturated heterocycles. The number of aromatic nitrogens is 2. The number of hydrogen-bond acceptors (Lipinski definition) is 4. The van der Waals surface area contributed by atoms with E-state index >= 15 is 0 Å². The number of hydrogen-bond donors (Lipinski definition) is 1. The quantitative estimate of drug-likeness (QED) is 0.270. The summed E-state index contributed by atoms with van der Waals surface area (Å²) in [6.07, 6.45) is 0. The molecular formula is C28H27Cl2N3O3. The SMILES string of the molecule is COc1ccc(C(=O)Nc2cc(C)n(Cc3ccc(Cl)cc3Cl)n2)cc1COc1cc(C)ccc1C. The fourth-order valence-corrected chi connectivity index (χ4v) is 4.25. The molecule has 0 aliphatic rings. The van der Waals surface area contributed by atoms with Crippen molar-refractivity contribution >= 4 is 34.9 Å². The Labute approximate surface area is 220 Å². The summed E-state index contributed by atoms with van der Waals surface area (Å²) in [7, 11) is 1.60. The molecule has 1 aromatic heterocycles. The van der Waals surface area contributed by atoms with Crippen LogP contribution in [0.5, 0.6) is 11.5 Å². The summed E-state index contributed by atoms with van der Waals surface area (Å²) in [6, 6.07) is 18.5. The Kier molecular flexibility index (Phi) is 7.87. The Morgan fingerprint density at radius 1 is 0.944 bits per heavy atom. The molecule has 0 bridgehead atoms. The lowest BCUT2D eigenvalue weighted by Gasteiger charge is -2.14. The molecule has 1 amide bonds. The third-order valence-corrected chi connectivity index (χ3v) is 6.41. The van der Waals surface area contributed by atoms with Crippen molar-refractivity contribution in [2.24, 2.45) is 0 Å². The maximum atomic E-state index is 13.0. The van der Waals surface area contributed by atoms with Crippen molar-refractivity contribution in [3.05, 3.63) is 104 Å². The molecule has 0 saturated carbocycles. The average molecular weight is 524 g/mol. The predicted octanol–water partition coefficient (Wildman–Crippen LogP) is 7.00. The van der Waals surface area contributed by atoms with Crippen LogP contribution in [0.25, 0.3) is 0 Å². The first-order chi connectivity index (χ1) is 17.2. The smallest absolute Gasteiger partial charge is 0.256 e. The molecule has 186 valence electrons. The van der Waals surface area contributed by atoms with Crippen LogP contribution in [-0.2, 0) is 13.2 Å². The minimum atomic E-state index is -0.278. The molecular weight excluding hydrogens is 497 g/mol. The van der Waals surface area contributed by atoms with Crippen LogP contribution in [-0.4, -0.2) is 22.8 Å². The normalized spacial score (nSPS) is 10.8. The van der Waals surface area contributed by atoms with Gasteiger partial charge in [-0.1, -0.05) is 41.4 Å². The molecule has 4 rings (SSSR count). The Balaban J connectivity index is 1.48. The van der Waals surface area contributed by atoms with E-state index < -0.39 is 0 Å². The highest BCUT2D eigenvalue weighted by Gasteiger charge is 2.15. The van der Waals surface area contributed by atoms with Gasteiger partial charge in [0.25, 0.3) is 5.91 Å². The standard InChI is InChI=1S/C28H27Cl2N3O3/c1-17-5-6-18(2)26(11-17)36-16-22-13-20(8-10-25(22)35-4)28(34)31-27-12-19(3)33(32-27)15-21-7-9-23(29)14-24(21)30/h5-14H,15-16H2,1-4H3,(H,31,32,34). The molecule has 0 aliphatic carbocycles. The van der Waals surface area contributed by atoms with Crippen LogP contribution in [0.2, 0.25) is 10.0 Å². The molecule has 1 N–H and O–H groups in total. The molecule has 3 aromatic carbocycles. The highest BCUT2D eigenvalue weighted by molar-refractivity contribution is 6.35. The lowest BCUT2D eigenvalue weighted by molar-refractivity contribution is 0.102. The van der Waals surface area contributed by atoms with Crippen LogP contribution in [0.3, 0.4) is 0 Å². The van der Waals surface area contributed by atoms with Crippen LogP contribution < -0.4 is 14.8 Å². The number of ether oxygens (including phenoxy) is 2. The van der Waals surface area contributed by atoms with Gasteiger partial charge in [0.2, 0.25) is 0 Å². The zero-order valence-corrected chi connectivity index (χ0v) is 22.1. The van der Waals surface area contributed by atoms with Gasteiger partial charge in [-0.05, 0) is 73.9 Å². The molecule has 1 heterocycles. The van der Waals surface area contributed by atoms with E-state index in [0.29, 0.717) is 33.7 Å².